The molecule has 0 radical (unpaired) electrons. The molecule has 2 aromatic rings. The Morgan fingerprint density at radius 2 is 2.06 bits per heavy atom. The number of methoxy groups -OCH3 is 2. The molecule has 8 heteroatoms. The number of fused-ring (bicyclic) bond motifs is 3. The zero-order valence-corrected chi connectivity index (χ0v) is 18.1. The molecular weight excluding hydrogens is 418 g/mol. The van der Waals surface area contributed by atoms with E-state index in [4.69, 9.17) is 14.2 Å². The van der Waals surface area contributed by atoms with E-state index in [0.29, 0.717) is 24.3 Å². The number of carbonyl (C=O) groups excluding carboxylic acids is 1. The summed E-state index contributed by atoms with van der Waals surface area (Å²) in [6.07, 6.45) is 1.65. The predicted octanol–water partition coefficient (Wildman–Crippen LogP) is 3.64. The highest BCUT2D eigenvalue weighted by molar-refractivity contribution is 5.86. The van der Waals surface area contributed by atoms with E-state index in [2.05, 4.69) is 23.3 Å². The van der Waals surface area contributed by atoms with Gasteiger partial charge in [-0.05, 0) is 29.8 Å². The topological polar surface area (TPSA) is 92.6 Å². The Bertz CT molecular complexity index is 1050. The first-order valence-electron chi connectivity index (χ1n) is 9.70. The molecule has 2 N–H and O–H groups in total. The molecule has 0 amide bonds. The summed E-state index contributed by atoms with van der Waals surface area (Å²) in [6.45, 7) is 4.43. The second-order valence-corrected chi connectivity index (χ2v) is 7.26. The van der Waals surface area contributed by atoms with Gasteiger partial charge in [-0.2, -0.15) is 5.26 Å². The molecule has 0 aromatic heterocycles. The molecule has 7 nitrogen and oxygen atoms in total. The lowest BCUT2D eigenvalue weighted by molar-refractivity contribution is -0.143. The van der Waals surface area contributed by atoms with Crippen LogP contribution in [0.3, 0.4) is 0 Å². The Kier molecular flexibility index (Phi) is 6.86. The van der Waals surface area contributed by atoms with Gasteiger partial charge in [0.05, 0.1) is 32.0 Å². The summed E-state index contributed by atoms with van der Waals surface area (Å²) in [5.41, 5.74) is 5.12. The van der Waals surface area contributed by atoms with Crippen LogP contribution in [0.4, 0.5) is 5.69 Å². The van der Waals surface area contributed by atoms with Gasteiger partial charge in [-0.1, -0.05) is 18.7 Å². The summed E-state index contributed by atoms with van der Waals surface area (Å²) < 4.78 is 16.7. The summed E-state index contributed by atoms with van der Waals surface area (Å²) in [5, 5.41) is 15.8. The number of esters is 1. The van der Waals surface area contributed by atoms with Crippen LogP contribution >= 0.6 is 12.4 Å². The summed E-state index contributed by atoms with van der Waals surface area (Å²) >= 11 is 0. The molecule has 1 fully saturated rings. The lowest BCUT2D eigenvalue weighted by atomic mass is 9.90. The highest BCUT2D eigenvalue weighted by Crippen LogP contribution is 2.44. The van der Waals surface area contributed by atoms with Gasteiger partial charge in [-0.25, -0.2) is 0 Å². The normalized spacial score (nSPS) is 20.9. The Morgan fingerprint density at radius 3 is 2.74 bits per heavy atom. The number of hydrogen-bond acceptors (Lipinski definition) is 7. The van der Waals surface area contributed by atoms with E-state index in [9.17, 15) is 10.1 Å². The number of hydrogen-bond donors (Lipinski definition) is 2. The molecule has 2 aliphatic rings. The molecule has 0 saturated carbocycles. The largest absolute Gasteiger partial charge is 0.496 e. The highest BCUT2D eigenvalue weighted by Gasteiger charge is 2.34. The predicted molar refractivity (Wildman–Crippen MR) is 120 cm³/mol. The number of nitrogens with one attached hydrogen (secondary N) is 2. The average molecular weight is 442 g/mol. The van der Waals surface area contributed by atoms with Crippen LogP contribution in [-0.4, -0.2) is 38.9 Å². The number of halogens is 1. The lowest BCUT2D eigenvalue weighted by Gasteiger charge is -2.32. The van der Waals surface area contributed by atoms with Gasteiger partial charge in [-0.3, -0.25) is 4.79 Å². The number of benzene rings is 2. The van der Waals surface area contributed by atoms with E-state index < -0.39 is 6.23 Å². The minimum absolute atomic E-state index is 0. The van der Waals surface area contributed by atoms with E-state index in [-0.39, 0.29) is 30.5 Å². The molecule has 2 aliphatic heterocycles. The number of ether oxygens (including phenoxy) is 3. The zero-order chi connectivity index (χ0) is 21.3. The first kappa shape index (κ1) is 22.6. The molecule has 2 heterocycles. The number of rotatable bonds is 5. The number of anilines is 1. The van der Waals surface area contributed by atoms with Crippen LogP contribution in [0.15, 0.2) is 36.9 Å². The van der Waals surface area contributed by atoms with E-state index in [1.807, 2.05) is 24.3 Å². The fourth-order valence-electron chi connectivity index (χ4n) is 4.02. The summed E-state index contributed by atoms with van der Waals surface area (Å²) in [5.74, 6) is 0.425. The van der Waals surface area contributed by atoms with Gasteiger partial charge in [0.15, 0.2) is 6.23 Å². The molecule has 2 aromatic carbocycles. The van der Waals surface area contributed by atoms with Crippen LogP contribution in [0.25, 0.3) is 17.2 Å². The Hall–Kier alpha value is -3.05. The van der Waals surface area contributed by atoms with Crippen molar-refractivity contribution < 1.29 is 19.0 Å². The Morgan fingerprint density at radius 1 is 1.26 bits per heavy atom. The van der Waals surface area contributed by atoms with Gasteiger partial charge in [0.1, 0.15) is 11.8 Å². The van der Waals surface area contributed by atoms with Crippen molar-refractivity contribution in [1.29, 1.82) is 5.26 Å². The minimum Gasteiger partial charge on any atom is -0.496 e. The number of nitrogens with zero attached hydrogens (tertiary/aromatic N) is 1. The van der Waals surface area contributed by atoms with Crippen molar-refractivity contribution >= 4 is 30.1 Å². The Balaban J connectivity index is 0.00000272. The van der Waals surface area contributed by atoms with E-state index >= 15 is 0 Å². The SMILES string of the molecule is C=Cc1cc2c(cc1OC)-c1ccc(C#N)cc1NC2O[C@H]1CN[C@H](C(=O)OC)C1.Cl. The van der Waals surface area contributed by atoms with Crippen LogP contribution in [0, 0.1) is 11.3 Å². The summed E-state index contributed by atoms with van der Waals surface area (Å²) in [4.78, 5) is 11.8. The van der Waals surface area contributed by atoms with Gasteiger partial charge in [0.2, 0.25) is 0 Å². The van der Waals surface area contributed by atoms with Gasteiger partial charge >= 0.3 is 5.97 Å². The lowest BCUT2D eigenvalue weighted by Crippen LogP contribution is -2.31. The highest BCUT2D eigenvalue weighted by atomic mass is 35.5. The van der Waals surface area contributed by atoms with E-state index in [1.54, 1.807) is 19.3 Å². The van der Waals surface area contributed by atoms with Gasteiger partial charge in [-0.15, -0.1) is 12.4 Å². The fourth-order valence-corrected chi connectivity index (χ4v) is 4.02. The van der Waals surface area contributed by atoms with Crippen molar-refractivity contribution in [3.05, 3.63) is 53.6 Å². The van der Waals surface area contributed by atoms with Gasteiger partial charge in [0, 0.05) is 35.3 Å². The van der Waals surface area contributed by atoms with Crippen molar-refractivity contribution in [2.75, 3.05) is 26.1 Å². The maximum absolute atomic E-state index is 11.8. The smallest absolute Gasteiger partial charge is 0.322 e. The third-order valence-electron chi connectivity index (χ3n) is 5.53. The molecule has 1 unspecified atom stereocenters. The number of nitriles is 1. The summed E-state index contributed by atoms with van der Waals surface area (Å²) in [7, 11) is 3.01. The minimum atomic E-state index is -0.450. The first-order valence-corrected chi connectivity index (χ1v) is 9.70. The molecule has 1 saturated heterocycles. The molecule has 0 spiro atoms. The fraction of sp³-hybridized carbons (Fsp3) is 0.304. The van der Waals surface area contributed by atoms with Crippen molar-refractivity contribution in [2.24, 2.45) is 0 Å². The van der Waals surface area contributed by atoms with Crippen LogP contribution in [0.2, 0.25) is 0 Å². The van der Waals surface area contributed by atoms with E-state index in [0.717, 1.165) is 27.9 Å². The van der Waals surface area contributed by atoms with Crippen LogP contribution in [-0.2, 0) is 14.3 Å². The van der Waals surface area contributed by atoms with Crippen LogP contribution < -0.4 is 15.4 Å². The maximum atomic E-state index is 11.8. The third-order valence-corrected chi connectivity index (χ3v) is 5.53. The molecule has 4 rings (SSSR count). The summed E-state index contributed by atoms with van der Waals surface area (Å²) in [6, 6.07) is 11.3. The standard InChI is InChI=1S/C23H23N3O4.ClH/c1-4-14-8-18-17(10-21(14)28-2)16-6-5-13(11-24)7-19(16)26-22(18)30-15-9-20(25-12-15)23(27)29-3;/h4-8,10,15,20,22,25-26H,1,9,12H2,2-3H3;1H/t15-,20+,22?;/m1./s1. The molecule has 0 aliphatic carbocycles. The molecular formula is C23H24ClN3O4. The van der Waals surface area contributed by atoms with Crippen LogP contribution in [0.1, 0.15) is 29.3 Å². The van der Waals surface area contributed by atoms with Crippen molar-refractivity contribution in [2.45, 2.75) is 24.8 Å². The number of carbonyl (C=O) groups is 1. The second kappa shape index (κ2) is 9.40. The van der Waals surface area contributed by atoms with Crippen molar-refractivity contribution in [3.63, 3.8) is 0 Å². The van der Waals surface area contributed by atoms with E-state index in [1.165, 1.54) is 7.11 Å². The second-order valence-electron chi connectivity index (χ2n) is 7.26. The van der Waals surface area contributed by atoms with Crippen molar-refractivity contribution in [3.8, 4) is 22.9 Å². The molecule has 162 valence electrons. The first-order chi connectivity index (χ1) is 14.6. The zero-order valence-electron chi connectivity index (χ0n) is 17.3. The van der Waals surface area contributed by atoms with Gasteiger partial charge in [0.25, 0.3) is 0 Å². The maximum Gasteiger partial charge on any atom is 0.322 e. The average Bonchev–Trinajstić information content (AvgIpc) is 3.25. The molecule has 3 atom stereocenters. The van der Waals surface area contributed by atoms with Gasteiger partial charge < -0.3 is 24.8 Å². The van der Waals surface area contributed by atoms with Crippen molar-refractivity contribution in [1.82, 2.24) is 5.32 Å². The van der Waals surface area contributed by atoms with Crippen LogP contribution in [0.5, 0.6) is 5.75 Å². The quantitative estimate of drug-likeness (QED) is 0.684. The monoisotopic (exact) mass is 441 g/mol. The third kappa shape index (κ3) is 4.23. The molecule has 0 bridgehead atoms. The Labute approximate surface area is 187 Å². The molecule has 31 heavy (non-hydrogen) atoms.